The fraction of sp³-hybridized carbons (Fsp3) is 0.579. The highest BCUT2D eigenvalue weighted by Gasteiger charge is 2.34. The quantitative estimate of drug-likeness (QED) is 0.787. The van der Waals surface area contributed by atoms with Crippen LogP contribution in [-0.4, -0.2) is 45.9 Å². The van der Waals surface area contributed by atoms with Gasteiger partial charge in [-0.2, -0.15) is 5.10 Å². The molecule has 0 amide bonds. The largest absolute Gasteiger partial charge is 0.351 e. The molecule has 3 aliphatic rings. The van der Waals surface area contributed by atoms with Crippen molar-refractivity contribution in [1.29, 1.82) is 0 Å². The number of likely N-dealkylation sites (N-methyl/N-ethyl adjacent to an activating group) is 1. The van der Waals surface area contributed by atoms with Gasteiger partial charge in [-0.15, -0.1) is 5.10 Å². The molecule has 136 valence electrons. The Morgan fingerprint density at radius 1 is 1.15 bits per heavy atom. The van der Waals surface area contributed by atoms with E-state index in [2.05, 4.69) is 32.2 Å². The van der Waals surface area contributed by atoms with Crippen molar-refractivity contribution in [2.24, 2.45) is 5.92 Å². The minimum absolute atomic E-state index is 0.0222. The molecule has 1 aliphatic heterocycles. The number of nitrogens with zero attached hydrogens (tertiary/aromatic N) is 6. The zero-order valence-electron chi connectivity index (χ0n) is 15.1. The number of hydrogen-bond donors (Lipinski definition) is 0. The zero-order valence-corrected chi connectivity index (χ0v) is 15.1. The van der Waals surface area contributed by atoms with Crippen molar-refractivity contribution in [2.75, 3.05) is 29.9 Å². The minimum atomic E-state index is 0.0222. The second kappa shape index (κ2) is 6.07. The zero-order chi connectivity index (χ0) is 17.7. The Bertz CT molecular complexity index is 849. The normalized spacial score (nSPS) is 20.1. The Hall–Kier alpha value is -2.44. The lowest BCUT2D eigenvalue weighted by Gasteiger charge is -2.44. The third-order valence-electron chi connectivity index (χ3n) is 5.78. The molecule has 0 N–H and O–H groups in total. The fourth-order valence-corrected chi connectivity index (χ4v) is 3.56. The first-order chi connectivity index (χ1) is 12.7. The summed E-state index contributed by atoms with van der Waals surface area (Å²) in [4.78, 5) is 21.3. The second-order valence-corrected chi connectivity index (χ2v) is 7.91. The maximum Gasteiger partial charge on any atom is 0.293 e. The average Bonchev–Trinajstić information content (AvgIpc) is 3.50. The molecule has 0 unspecified atom stereocenters. The van der Waals surface area contributed by atoms with Crippen LogP contribution in [0.1, 0.15) is 37.3 Å². The third kappa shape index (κ3) is 2.95. The van der Waals surface area contributed by atoms with Crippen LogP contribution < -0.4 is 15.4 Å². The summed E-state index contributed by atoms with van der Waals surface area (Å²) in [5.41, 5.74) is 1.14. The topological polar surface area (TPSA) is 67.2 Å². The number of rotatable bonds is 6. The molecule has 1 saturated heterocycles. The van der Waals surface area contributed by atoms with Crippen LogP contribution in [0.25, 0.3) is 0 Å². The monoisotopic (exact) mass is 352 g/mol. The van der Waals surface area contributed by atoms with E-state index in [1.807, 2.05) is 22.7 Å². The predicted molar refractivity (Wildman–Crippen MR) is 99.6 cm³/mol. The van der Waals surface area contributed by atoms with E-state index in [0.29, 0.717) is 17.7 Å². The van der Waals surface area contributed by atoms with Gasteiger partial charge in [0.25, 0.3) is 5.56 Å². The second-order valence-electron chi connectivity index (χ2n) is 7.91. The van der Waals surface area contributed by atoms with Crippen molar-refractivity contribution in [3.63, 3.8) is 0 Å². The highest BCUT2D eigenvalue weighted by atomic mass is 16.1. The first kappa shape index (κ1) is 15.8. The molecule has 7 heteroatoms. The van der Waals surface area contributed by atoms with Gasteiger partial charge < -0.3 is 14.4 Å². The van der Waals surface area contributed by atoms with Crippen molar-refractivity contribution < 1.29 is 0 Å². The third-order valence-corrected chi connectivity index (χ3v) is 5.78. The average molecular weight is 352 g/mol. The van der Waals surface area contributed by atoms with E-state index in [4.69, 9.17) is 0 Å². The summed E-state index contributed by atoms with van der Waals surface area (Å²) < 4.78 is 1.81. The number of aromatic nitrogens is 4. The highest BCUT2D eigenvalue weighted by molar-refractivity contribution is 5.47. The van der Waals surface area contributed by atoms with E-state index in [1.54, 1.807) is 6.20 Å². The van der Waals surface area contributed by atoms with Gasteiger partial charge in [0, 0.05) is 45.0 Å². The highest BCUT2D eigenvalue weighted by Crippen LogP contribution is 2.39. The van der Waals surface area contributed by atoms with E-state index >= 15 is 0 Å². The van der Waals surface area contributed by atoms with Gasteiger partial charge in [-0.1, -0.05) is 0 Å². The van der Waals surface area contributed by atoms with Crippen LogP contribution in [-0.2, 0) is 6.54 Å². The Morgan fingerprint density at radius 2 is 1.96 bits per heavy atom. The summed E-state index contributed by atoms with van der Waals surface area (Å²) >= 11 is 0. The van der Waals surface area contributed by atoms with Crippen molar-refractivity contribution >= 4 is 11.6 Å². The molecule has 0 aromatic carbocycles. The van der Waals surface area contributed by atoms with Crippen molar-refractivity contribution in [3.05, 3.63) is 40.6 Å². The van der Waals surface area contributed by atoms with Crippen molar-refractivity contribution in [1.82, 2.24) is 19.7 Å². The molecule has 2 saturated carbocycles. The van der Waals surface area contributed by atoms with Gasteiger partial charge in [-0.3, -0.25) is 4.79 Å². The molecular weight excluding hydrogens is 328 g/mol. The lowest BCUT2D eigenvalue weighted by Crippen LogP contribution is -2.60. The van der Waals surface area contributed by atoms with Gasteiger partial charge in [0.1, 0.15) is 0 Å². The van der Waals surface area contributed by atoms with E-state index in [0.717, 1.165) is 31.1 Å². The van der Waals surface area contributed by atoms with E-state index in [9.17, 15) is 4.79 Å². The van der Waals surface area contributed by atoms with Crippen LogP contribution in [0.2, 0.25) is 0 Å². The van der Waals surface area contributed by atoms with Crippen LogP contribution in [0.4, 0.5) is 11.6 Å². The molecule has 26 heavy (non-hydrogen) atoms. The van der Waals surface area contributed by atoms with Crippen molar-refractivity contribution in [2.45, 2.75) is 44.2 Å². The van der Waals surface area contributed by atoms with Crippen LogP contribution in [0.5, 0.6) is 0 Å². The van der Waals surface area contributed by atoms with Gasteiger partial charge in [0.05, 0.1) is 11.7 Å². The Morgan fingerprint density at radius 3 is 2.62 bits per heavy atom. The van der Waals surface area contributed by atoms with Gasteiger partial charge >= 0.3 is 0 Å². The molecule has 2 aromatic heterocycles. The summed E-state index contributed by atoms with van der Waals surface area (Å²) in [5, 5.41) is 8.74. The van der Waals surface area contributed by atoms with E-state index in [-0.39, 0.29) is 11.6 Å². The molecule has 5 rings (SSSR count). The molecule has 7 nitrogen and oxygen atoms in total. The molecular formula is C19H24N6O. The SMILES string of the molecule is CN(c1nccn(CC2CC2)c1=O)C1CN(c2ccc(C3CC3)nn2)C1. The summed E-state index contributed by atoms with van der Waals surface area (Å²) in [7, 11) is 1.97. The molecule has 2 aliphatic carbocycles. The summed E-state index contributed by atoms with van der Waals surface area (Å²) in [6, 6.07) is 4.45. The predicted octanol–water partition coefficient (Wildman–Crippen LogP) is 1.65. The molecule has 0 atom stereocenters. The van der Waals surface area contributed by atoms with Gasteiger partial charge in [0.15, 0.2) is 11.6 Å². The van der Waals surface area contributed by atoms with Gasteiger partial charge in [-0.25, -0.2) is 4.98 Å². The minimum Gasteiger partial charge on any atom is -0.351 e. The smallest absolute Gasteiger partial charge is 0.293 e. The molecule has 2 aromatic rings. The van der Waals surface area contributed by atoms with Crippen molar-refractivity contribution in [3.8, 4) is 0 Å². The number of hydrogen-bond acceptors (Lipinski definition) is 6. The molecule has 3 heterocycles. The molecule has 0 spiro atoms. The van der Waals surface area contributed by atoms with Crippen LogP contribution in [0.3, 0.4) is 0 Å². The van der Waals surface area contributed by atoms with Crippen LogP contribution in [0.15, 0.2) is 29.3 Å². The Kier molecular flexibility index (Phi) is 3.69. The Balaban J connectivity index is 1.24. The summed E-state index contributed by atoms with van der Waals surface area (Å²) in [6.45, 7) is 2.50. The maximum absolute atomic E-state index is 12.7. The summed E-state index contributed by atoms with van der Waals surface area (Å²) in [5.74, 6) is 2.78. The van der Waals surface area contributed by atoms with Crippen LogP contribution in [0, 0.1) is 5.92 Å². The first-order valence-corrected chi connectivity index (χ1v) is 9.56. The lowest BCUT2D eigenvalue weighted by molar-refractivity contribution is 0.483. The van der Waals surface area contributed by atoms with E-state index in [1.165, 1.54) is 25.7 Å². The van der Waals surface area contributed by atoms with E-state index < -0.39 is 0 Å². The lowest BCUT2D eigenvalue weighted by atomic mass is 10.1. The Labute approximate surface area is 152 Å². The van der Waals surface area contributed by atoms with Crippen LogP contribution >= 0.6 is 0 Å². The van der Waals surface area contributed by atoms with Gasteiger partial charge in [-0.05, 0) is 43.7 Å². The number of anilines is 2. The molecule has 3 fully saturated rings. The van der Waals surface area contributed by atoms with Gasteiger partial charge in [0.2, 0.25) is 0 Å². The first-order valence-electron chi connectivity index (χ1n) is 9.56. The summed E-state index contributed by atoms with van der Waals surface area (Å²) in [6.07, 6.45) is 8.51. The molecule has 0 bridgehead atoms. The fourth-order valence-electron chi connectivity index (χ4n) is 3.56. The standard InChI is InChI=1S/C19H24N6O/c1-23(18-19(26)24(9-8-20-18)10-13-2-3-13)15-11-25(12-15)17-7-6-16(21-22-17)14-4-5-14/h6-9,13-15H,2-5,10-12H2,1H3. The maximum atomic E-state index is 12.7. The molecule has 0 radical (unpaired) electrons.